The molecule has 2 aromatic carbocycles. The predicted octanol–water partition coefficient (Wildman–Crippen LogP) is 3.28. The molecule has 2 unspecified atom stereocenters. The van der Waals surface area contributed by atoms with Crippen LogP contribution in [0.15, 0.2) is 60.7 Å². The molecule has 1 saturated heterocycles. The zero-order valence-corrected chi connectivity index (χ0v) is 19.3. The van der Waals surface area contributed by atoms with Crippen LogP contribution >= 0.6 is 0 Å². The summed E-state index contributed by atoms with van der Waals surface area (Å²) in [6, 6.07) is 18.4. The van der Waals surface area contributed by atoms with E-state index in [1.165, 1.54) is 0 Å². The van der Waals surface area contributed by atoms with Gasteiger partial charge in [0, 0.05) is 43.6 Å². The number of hydrogen-bond acceptors (Lipinski definition) is 3. The number of hydrogen-bond donors (Lipinski definition) is 1. The van der Waals surface area contributed by atoms with E-state index in [0.29, 0.717) is 31.6 Å². The van der Waals surface area contributed by atoms with Crippen LogP contribution in [0.2, 0.25) is 0 Å². The standard InChI is InChI=1S/C27H33N3O3/c1-20-19-29(16-17-30(20)26(32)23-14-6-3-7-15-23)27(33)24(18-21-10-4-2-5-11-21)28-25(31)22-12-8-9-13-22/h2-7,10-11,14-15,20,22,24H,8-9,12-13,16-19H2,1H3,(H,28,31). The number of rotatable bonds is 6. The summed E-state index contributed by atoms with van der Waals surface area (Å²) in [6.45, 7) is 3.38. The van der Waals surface area contributed by atoms with Crippen molar-refractivity contribution in [2.24, 2.45) is 5.92 Å². The van der Waals surface area contributed by atoms with Gasteiger partial charge in [-0.05, 0) is 37.5 Å². The molecular formula is C27H33N3O3. The second kappa shape index (κ2) is 10.6. The van der Waals surface area contributed by atoms with Crippen molar-refractivity contribution < 1.29 is 14.4 Å². The molecule has 33 heavy (non-hydrogen) atoms. The van der Waals surface area contributed by atoms with Crippen LogP contribution < -0.4 is 5.32 Å². The molecular weight excluding hydrogens is 414 g/mol. The van der Waals surface area contributed by atoms with Crippen LogP contribution in [0.5, 0.6) is 0 Å². The van der Waals surface area contributed by atoms with Crippen LogP contribution in [-0.4, -0.2) is 59.2 Å². The largest absolute Gasteiger partial charge is 0.344 e. The lowest BCUT2D eigenvalue weighted by atomic mass is 10.0. The van der Waals surface area contributed by atoms with Gasteiger partial charge in [0.1, 0.15) is 6.04 Å². The Kier molecular flexibility index (Phi) is 7.43. The van der Waals surface area contributed by atoms with Gasteiger partial charge in [-0.15, -0.1) is 0 Å². The van der Waals surface area contributed by atoms with E-state index in [2.05, 4.69) is 5.32 Å². The highest BCUT2D eigenvalue weighted by molar-refractivity contribution is 5.95. The Balaban J connectivity index is 1.44. The van der Waals surface area contributed by atoms with E-state index in [9.17, 15) is 14.4 Å². The minimum Gasteiger partial charge on any atom is -0.344 e. The summed E-state index contributed by atoms with van der Waals surface area (Å²) in [5.74, 6) is -0.0718. The molecule has 4 rings (SSSR count). The Morgan fingerprint density at radius 2 is 1.58 bits per heavy atom. The van der Waals surface area contributed by atoms with Gasteiger partial charge in [-0.3, -0.25) is 14.4 Å². The summed E-state index contributed by atoms with van der Waals surface area (Å²) in [7, 11) is 0. The number of carbonyl (C=O) groups excluding carboxylic acids is 3. The molecule has 2 fully saturated rings. The van der Waals surface area contributed by atoms with E-state index in [-0.39, 0.29) is 29.7 Å². The monoisotopic (exact) mass is 447 g/mol. The summed E-state index contributed by atoms with van der Waals surface area (Å²) in [5, 5.41) is 3.07. The van der Waals surface area contributed by atoms with E-state index < -0.39 is 6.04 Å². The molecule has 6 nitrogen and oxygen atoms in total. The SMILES string of the molecule is CC1CN(C(=O)C(Cc2ccccc2)NC(=O)C2CCCC2)CCN1C(=O)c1ccccc1. The summed E-state index contributed by atoms with van der Waals surface area (Å²) < 4.78 is 0. The molecule has 1 heterocycles. The lowest BCUT2D eigenvalue weighted by molar-refractivity contribution is -0.139. The van der Waals surface area contributed by atoms with Gasteiger partial charge in [0.2, 0.25) is 11.8 Å². The van der Waals surface area contributed by atoms with Crippen molar-refractivity contribution in [1.29, 1.82) is 0 Å². The van der Waals surface area contributed by atoms with Gasteiger partial charge in [-0.1, -0.05) is 61.4 Å². The van der Waals surface area contributed by atoms with Crippen LogP contribution in [0, 0.1) is 5.92 Å². The number of carbonyl (C=O) groups is 3. The molecule has 2 aliphatic rings. The first-order valence-corrected chi connectivity index (χ1v) is 12.0. The molecule has 0 aromatic heterocycles. The van der Waals surface area contributed by atoms with Gasteiger partial charge in [0.25, 0.3) is 5.91 Å². The quantitative estimate of drug-likeness (QED) is 0.739. The third-order valence-corrected chi connectivity index (χ3v) is 6.84. The van der Waals surface area contributed by atoms with Crippen molar-refractivity contribution in [1.82, 2.24) is 15.1 Å². The molecule has 0 radical (unpaired) electrons. The molecule has 0 bridgehead atoms. The fourth-order valence-corrected chi connectivity index (χ4v) is 4.95. The smallest absolute Gasteiger partial charge is 0.254 e. The van der Waals surface area contributed by atoms with Gasteiger partial charge in [-0.2, -0.15) is 0 Å². The minimum absolute atomic E-state index is 0.00674. The van der Waals surface area contributed by atoms with Crippen LogP contribution in [0.1, 0.15) is 48.5 Å². The fourth-order valence-electron chi connectivity index (χ4n) is 4.95. The van der Waals surface area contributed by atoms with Crippen molar-refractivity contribution in [2.75, 3.05) is 19.6 Å². The maximum Gasteiger partial charge on any atom is 0.254 e. The van der Waals surface area contributed by atoms with Crippen molar-refractivity contribution in [3.05, 3.63) is 71.8 Å². The van der Waals surface area contributed by atoms with E-state index in [1.54, 1.807) is 0 Å². The first-order valence-electron chi connectivity index (χ1n) is 12.0. The van der Waals surface area contributed by atoms with E-state index in [4.69, 9.17) is 0 Å². The fraction of sp³-hybridized carbons (Fsp3) is 0.444. The normalized spacial score (nSPS) is 19.8. The van der Waals surface area contributed by atoms with Gasteiger partial charge in [-0.25, -0.2) is 0 Å². The number of amides is 3. The van der Waals surface area contributed by atoms with E-state index >= 15 is 0 Å². The zero-order chi connectivity index (χ0) is 23.2. The third kappa shape index (κ3) is 5.62. The lowest BCUT2D eigenvalue weighted by Crippen LogP contribution is -2.59. The molecule has 2 atom stereocenters. The van der Waals surface area contributed by atoms with Crippen molar-refractivity contribution in [3.8, 4) is 0 Å². The highest BCUT2D eigenvalue weighted by Crippen LogP contribution is 2.25. The lowest BCUT2D eigenvalue weighted by Gasteiger charge is -2.41. The number of benzene rings is 2. The molecule has 1 aliphatic carbocycles. The summed E-state index contributed by atoms with van der Waals surface area (Å²) in [5.41, 5.74) is 1.68. The number of nitrogens with zero attached hydrogens (tertiary/aromatic N) is 2. The maximum absolute atomic E-state index is 13.6. The Morgan fingerprint density at radius 3 is 2.21 bits per heavy atom. The Labute approximate surface area is 196 Å². The molecule has 1 saturated carbocycles. The van der Waals surface area contributed by atoms with E-state index in [0.717, 1.165) is 31.2 Å². The Morgan fingerprint density at radius 1 is 0.939 bits per heavy atom. The van der Waals surface area contributed by atoms with Crippen molar-refractivity contribution in [3.63, 3.8) is 0 Å². The summed E-state index contributed by atoms with van der Waals surface area (Å²) >= 11 is 0. The second-order valence-corrected chi connectivity index (χ2v) is 9.23. The Hall–Kier alpha value is -3.15. The minimum atomic E-state index is -0.593. The second-order valence-electron chi connectivity index (χ2n) is 9.23. The van der Waals surface area contributed by atoms with Crippen molar-refractivity contribution in [2.45, 2.75) is 51.1 Å². The highest BCUT2D eigenvalue weighted by atomic mass is 16.2. The van der Waals surface area contributed by atoms with Gasteiger partial charge < -0.3 is 15.1 Å². The third-order valence-electron chi connectivity index (χ3n) is 6.84. The van der Waals surface area contributed by atoms with Crippen LogP contribution in [0.4, 0.5) is 0 Å². The first kappa shape index (κ1) is 23.0. The van der Waals surface area contributed by atoms with Crippen molar-refractivity contribution >= 4 is 17.7 Å². The average Bonchev–Trinajstić information content (AvgIpc) is 3.39. The number of nitrogens with one attached hydrogen (secondary N) is 1. The van der Waals surface area contributed by atoms with Crippen LogP contribution in [0.25, 0.3) is 0 Å². The molecule has 3 amide bonds. The molecule has 174 valence electrons. The molecule has 1 N–H and O–H groups in total. The average molecular weight is 448 g/mol. The molecule has 1 aliphatic heterocycles. The van der Waals surface area contributed by atoms with Gasteiger partial charge in [0.15, 0.2) is 0 Å². The van der Waals surface area contributed by atoms with Crippen LogP contribution in [-0.2, 0) is 16.0 Å². The van der Waals surface area contributed by atoms with Crippen LogP contribution in [0.3, 0.4) is 0 Å². The highest BCUT2D eigenvalue weighted by Gasteiger charge is 2.35. The zero-order valence-electron chi connectivity index (χ0n) is 19.3. The number of piperazine rings is 1. The summed E-state index contributed by atoms with van der Waals surface area (Å²) in [6.07, 6.45) is 4.41. The van der Waals surface area contributed by atoms with Gasteiger partial charge >= 0.3 is 0 Å². The predicted molar refractivity (Wildman–Crippen MR) is 128 cm³/mol. The summed E-state index contributed by atoms with van der Waals surface area (Å²) in [4.78, 5) is 43.0. The molecule has 0 spiro atoms. The molecule has 6 heteroatoms. The maximum atomic E-state index is 13.6. The molecule has 2 aromatic rings. The van der Waals surface area contributed by atoms with E-state index in [1.807, 2.05) is 77.4 Å². The first-order chi connectivity index (χ1) is 16.0. The van der Waals surface area contributed by atoms with Gasteiger partial charge in [0.05, 0.1) is 0 Å². The Bertz CT molecular complexity index is 957. The topological polar surface area (TPSA) is 69.7 Å².